The minimum Gasteiger partial charge on any atom is -0.356 e. The molecule has 1 aromatic heterocycles. The van der Waals surface area contributed by atoms with E-state index in [1.54, 1.807) is 17.9 Å². The number of rotatable bonds is 6. The topological polar surface area (TPSA) is 83.3 Å². The summed E-state index contributed by atoms with van der Waals surface area (Å²) < 4.78 is 2.74. The Hall–Kier alpha value is -1.62. The molecule has 0 bridgehead atoms. The fourth-order valence-corrected chi connectivity index (χ4v) is 2.57. The van der Waals surface area contributed by atoms with E-state index in [9.17, 15) is 4.79 Å². The van der Waals surface area contributed by atoms with Gasteiger partial charge >= 0.3 is 0 Å². The van der Waals surface area contributed by atoms with Crippen LogP contribution in [0.2, 0.25) is 0 Å². The summed E-state index contributed by atoms with van der Waals surface area (Å²) in [5, 5.41) is 13.4. The van der Waals surface area contributed by atoms with Gasteiger partial charge in [-0.1, -0.05) is 22.0 Å². The summed E-state index contributed by atoms with van der Waals surface area (Å²) in [7, 11) is 3.59. The Bertz CT molecular complexity index is 761. The molecule has 3 N–H and O–H groups in total. The number of aromatic nitrogens is 2. The molecule has 0 aliphatic heterocycles. The lowest BCUT2D eigenvalue weighted by Gasteiger charge is -2.12. The van der Waals surface area contributed by atoms with Gasteiger partial charge in [-0.3, -0.25) is 14.5 Å². The van der Waals surface area contributed by atoms with Crippen LogP contribution in [0, 0.1) is 6.92 Å². The maximum absolute atomic E-state index is 12.1. The molecule has 2 rings (SSSR count). The fourth-order valence-electron chi connectivity index (χ4n) is 2.21. The van der Waals surface area contributed by atoms with Crippen LogP contribution in [0.3, 0.4) is 0 Å². The van der Waals surface area contributed by atoms with Crippen molar-refractivity contribution in [1.29, 1.82) is 0 Å². The highest BCUT2D eigenvalue weighted by Gasteiger charge is 2.06. The number of benzene rings is 1. The Morgan fingerprint density at radius 3 is 2.73 bits per heavy atom. The molecule has 0 aliphatic rings. The molecule has 0 saturated heterocycles. The summed E-state index contributed by atoms with van der Waals surface area (Å²) in [6.45, 7) is 3.06. The summed E-state index contributed by atoms with van der Waals surface area (Å²) in [6.07, 6.45) is 2.10. The molecule has 0 unspecified atom stereocenters. The molecule has 0 saturated carbocycles. The highest BCUT2D eigenvalue weighted by molar-refractivity contribution is 14.0. The molecule has 2 aromatic rings. The van der Waals surface area contributed by atoms with E-state index in [0.29, 0.717) is 25.5 Å². The summed E-state index contributed by atoms with van der Waals surface area (Å²) in [6, 6.07) is 7.75. The van der Waals surface area contributed by atoms with E-state index in [1.165, 1.54) is 0 Å². The highest BCUT2D eigenvalue weighted by atomic mass is 127. The average molecular weight is 535 g/mol. The largest absolute Gasteiger partial charge is 0.356 e. The molecule has 0 atom stereocenters. The van der Waals surface area contributed by atoms with E-state index in [1.807, 2.05) is 38.2 Å². The van der Waals surface area contributed by atoms with Gasteiger partial charge in [-0.15, -0.1) is 24.0 Å². The quantitative estimate of drug-likeness (QED) is 0.302. The van der Waals surface area contributed by atoms with E-state index >= 15 is 0 Å². The van der Waals surface area contributed by atoms with Crippen LogP contribution in [0.25, 0.3) is 0 Å². The lowest BCUT2D eigenvalue weighted by Crippen LogP contribution is -2.38. The Kier molecular flexibility index (Phi) is 9.63. The molecule has 0 fully saturated rings. The van der Waals surface area contributed by atoms with Gasteiger partial charge in [-0.25, -0.2) is 0 Å². The van der Waals surface area contributed by atoms with Crippen molar-refractivity contribution in [2.75, 3.05) is 18.9 Å². The predicted molar refractivity (Wildman–Crippen MR) is 119 cm³/mol. The van der Waals surface area contributed by atoms with E-state index in [2.05, 4.69) is 42.0 Å². The number of hydrogen-bond acceptors (Lipinski definition) is 3. The van der Waals surface area contributed by atoms with Crippen molar-refractivity contribution >= 4 is 57.5 Å². The van der Waals surface area contributed by atoms with Gasteiger partial charge in [-0.2, -0.15) is 5.10 Å². The number of halogens is 2. The van der Waals surface area contributed by atoms with Gasteiger partial charge < -0.3 is 16.0 Å². The first-order valence-corrected chi connectivity index (χ1v) is 8.76. The second-order valence-corrected chi connectivity index (χ2v) is 6.47. The Balaban J connectivity index is 0.00000338. The third-order valence-electron chi connectivity index (χ3n) is 3.70. The zero-order chi connectivity index (χ0) is 18.2. The van der Waals surface area contributed by atoms with Crippen LogP contribution in [0.5, 0.6) is 0 Å². The third-order valence-corrected chi connectivity index (χ3v) is 4.19. The van der Waals surface area contributed by atoms with Crippen LogP contribution in [-0.4, -0.2) is 35.2 Å². The van der Waals surface area contributed by atoms with Gasteiger partial charge in [0, 0.05) is 43.4 Å². The smallest absolute Gasteiger partial charge is 0.226 e. The lowest BCUT2D eigenvalue weighted by molar-refractivity contribution is -0.116. The number of nitrogens with zero attached hydrogens (tertiary/aromatic N) is 3. The minimum absolute atomic E-state index is 0. The number of amides is 1. The first kappa shape index (κ1) is 22.4. The molecule has 0 radical (unpaired) electrons. The Labute approximate surface area is 179 Å². The zero-order valence-corrected chi connectivity index (χ0v) is 19.0. The van der Waals surface area contributed by atoms with Crippen LogP contribution in [0.4, 0.5) is 5.69 Å². The number of aliphatic imine (C=N–C) groups is 1. The molecular formula is C17H24BrIN6O. The van der Waals surface area contributed by atoms with Crippen LogP contribution < -0.4 is 16.0 Å². The van der Waals surface area contributed by atoms with Crippen molar-refractivity contribution in [3.63, 3.8) is 0 Å². The molecule has 26 heavy (non-hydrogen) atoms. The number of nitrogens with one attached hydrogen (secondary N) is 3. The maximum atomic E-state index is 12.1. The average Bonchev–Trinajstić information content (AvgIpc) is 2.99. The van der Waals surface area contributed by atoms with Gasteiger partial charge in [-0.05, 0) is 30.7 Å². The fraction of sp³-hybridized carbons (Fsp3) is 0.353. The van der Waals surface area contributed by atoms with E-state index in [-0.39, 0.29) is 29.9 Å². The summed E-state index contributed by atoms with van der Waals surface area (Å²) in [5.41, 5.74) is 2.89. The van der Waals surface area contributed by atoms with Crippen LogP contribution >= 0.6 is 39.9 Å². The van der Waals surface area contributed by atoms with Gasteiger partial charge in [0.1, 0.15) is 0 Å². The second-order valence-electron chi connectivity index (χ2n) is 5.56. The number of anilines is 1. The summed E-state index contributed by atoms with van der Waals surface area (Å²) in [4.78, 5) is 16.2. The minimum atomic E-state index is -0.0456. The van der Waals surface area contributed by atoms with Crippen LogP contribution in [0.1, 0.15) is 17.7 Å². The second kappa shape index (κ2) is 11.2. The van der Waals surface area contributed by atoms with Crippen molar-refractivity contribution in [2.45, 2.75) is 19.9 Å². The molecule has 142 valence electrons. The molecule has 0 aliphatic carbocycles. The zero-order valence-electron chi connectivity index (χ0n) is 15.0. The van der Waals surface area contributed by atoms with Crippen molar-refractivity contribution < 1.29 is 4.79 Å². The van der Waals surface area contributed by atoms with Crippen molar-refractivity contribution in [2.24, 2.45) is 12.0 Å². The lowest BCUT2D eigenvalue weighted by atomic mass is 10.2. The number of carbonyl (C=O) groups is 1. The van der Waals surface area contributed by atoms with Crippen LogP contribution in [-0.2, 0) is 18.4 Å². The highest BCUT2D eigenvalue weighted by Crippen LogP contribution is 2.20. The number of aryl methyl sites for hydroxylation is 2. The van der Waals surface area contributed by atoms with Gasteiger partial charge in [0.2, 0.25) is 5.91 Å². The maximum Gasteiger partial charge on any atom is 0.226 e. The van der Waals surface area contributed by atoms with Crippen LogP contribution in [0.15, 0.2) is 39.9 Å². The first-order valence-electron chi connectivity index (χ1n) is 7.97. The SMILES string of the molecule is CN=C(NCCC(=O)Nc1cc(Br)ccc1C)NCc1ccnn1C.I. The van der Waals surface area contributed by atoms with E-state index in [4.69, 9.17) is 0 Å². The Morgan fingerprint density at radius 2 is 2.08 bits per heavy atom. The molecule has 1 amide bonds. The molecule has 7 nitrogen and oxygen atoms in total. The summed E-state index contributed by atoms with van der Waals surface area (Å²) >= 11 is 3.41. The molecular weight excluding hydrogens is 511 g/mol. The normalized spacial score (nSPS) is 10.8. The third kappa shape index (κ3) is 6.94. The standard InChI is InChI=1S/C17H23BrN6O.HI/c1-12-4-5-13(18)10-15(12)23-16(25)7-8-20-17(19-2)21-11-14-6-9-22-24(14)3;/h4-6,9-10H,7-8,11H2,1-3H3,(H,23,25)(H2,19,20,21);1H. The molecule has 0 spiro atoms. The molecule has 1 aromatic carbocycles. The molecule has 1 heterocycles. The van der Waals surface area contributed by atoms with Gasteiger partial charge in [0.15, 0.2) is 5.96 Å². The predicted octanol–water partition coefficient (Wildman–Crippen LogP) is 2.80. The van der Waals surface area contributed by atoms with Crippen molar-refractivity contribution in [1.82, 2.24) is 20.4 Å². The van der Waals surface area contributed by atoms with Crippen molar-refractivity contribution in [3.05, 3.63) is 46.2 Å². The van der Waals surface area contributed by atoms with Crippen molar-refractivity contribution in [3.8, 4) is 0 Å². The van der Waals surface area contributed by atoms with E-state index in [0.717, 1.165) is 21.4 Å². The van der Waals surface area contributed by atoms with Gasteiger partial charge in [0.05, 0.1) is 12.2 Å². The number of guanidine groups is 1. The Morgan fingerprint density at radius 1 is 1.31 bits per heavy atom. The number of hydrogen-bond donors (Lipinski definition) is 3. The van der Waals surface area contributed by atoms with Gasteiger partial charge in [0.25, 0.3) is 0 Å². The monoisotopic (exact) mass is 534 g/mol. The number of carbonyl (C=O) groups excluding carboxylic acids is 1. The van der Waals surface area contributed by atoms with E-state index < -0.39 is 0 Å². The molecule has 9 heteroatoms. The first-order chi connectivity index (χ1) is 12.0. The summed E-state index contributed by atoms with van der Waals surface area (Å²) in [5.74, 6) is 0.600.